The molecule has 0 saturated carbocycles. The summed E-state index contributed by atoms with van der Waals surface area (Å²) in [6.07, 6.45) is 7.45. The maximum Gasteiger partial charge on any atom is 0.0629 e. The summed E-state index contributed by atoms with van der Waals surface area (Å²) in [4.78, 5) is 4.73. The molecule has 138 valence electrons. The van der Waals surface area contributed by atoms with Crippen LogP contribution < -0.4 is 5.32 Å². The second-order valence-electron chi connectivity index (χ2n) is 6.89. The fourth-order valence-electron chi connectivity index (χ4n) is 3.55. The molecule has 0 heterocycles. The molecular weight excluding hydrogens is 340 g/mol. The standard InChI is InChI=1S/C26H24N2/c1-4-11-21(12-5-1)26-22(19-27-24-15-6-2-7-16-24)13-10-14-23(26)20-28-25-17-8-3-9-18-25/h1-9,11-12,15-20,27H,10,13-14H2/b22-19-,28-20?. The van der Waals surface area contributed by atoms with Crippen LogP contribution in [-0.2, 0) is 0 Å². The van der Waals surface area contributed by atoms with Gasteiger partial charge in [0.05, 0.1) is 5.69 Å². The fraction of sp³-hybridized carbons (Fsp3) is 0.115. The van der Waals surface area contributed by atoms with Crippen molar-refractivity contribution >= 4 is 23.2 Å². The lowest BCUT2D eigenvalue weighted by molar-refractivity contribution is 0.813. The van der Waals surface area contributed by atoms with Crippen molar-refractivity contribution in [2.24, 2.45) is 4.99 Å². The van der Waals surface area contributed by atoms with Crippen molar-refractivity contribution < 1.29 is 0 Å². The van der Waals surface area contributed by atoms with Crippen molar-refractivity contribution in [2.75, 3.05) is 5.32 Å². The van der Waals surface area contributed by atoms with E-state index in [2.05, 4.69) is 54.0 Å². The largest absolute Gasteiger partial charge is 0.361 e. The van der Waals surface area contributed by atoms with Gasteiger partial charge in [0, 0.05) is 18.1 Å². The Balaban J connectivity index is 1.72. The molecule has 0 atom stereocenters. The highest BCUT2D eigenvalue weighted by Gasteiger charge is 2.18. The van der Waals surface area contributed by atoms with Crippen LogP contribution in [0.15, 0.2) is 113 Å². The maximum atomic E-state index is 4.73. The first kappa shape index (κ1) is 18.0. The van der Waals surface area contributed by atoms with E-state index in [0.29, 0.717) is 0 Å². The molecule has 1 aliphatic rings. The Morgan fingerprint density at radius 3 is 2.07 bits per heavy atom. The van der Waals surface area contributed by atoms with Crippen LogP contribution >= 0.6 is 0 Å². The molecule has 1 N–H and O–H groups in total. The SMILES string of the molecule is C(=Nc1ccccc1)C1=C(c2ccccc2)/C(=C\Nc2ccccc2)CCC1. The highest BCUT2D eigenvalue weighted by molar-refractivity contribution is 5.98. The third-order valence-electron chi connectivity index (χ3n) is 4.91. The van der Waals surface area contributed by atoms with Crippen LogP contribution in [0.3, 0.4) is 0 Å². The second-order valence-corrected chi connectivity index (χ2v) is 6.89. The quantitative estimate of drug-likeness (QED) is 0.483. The van der Waals surface area contributed by atoms with Crippen molar-refractivity contribution in [2.45, 2.75) is 19.3 Å². The molecule has 0 aromatic heterocycles. The van der Waals surface area contributed by atoms with Gasteiger partial charge in [-0.25, -0.2) is 0 Å². The van der Waals surface area contributed by atoms with E-state index in [0.717, 1.165) is 30.6 Å². The molecule has 0 spiro atoms. The van der Waals surface area contributed by atoms with Gasteiger partial charge in [-0.2, -0.15) is 0 Å². The van der Waals surface area contributed by atoms with E-state index >= 15 is 0 Å². The molecular formula is C26H24N2. The van der Waals surface area contributed by atoms with Gasteiger partial charge in [-0.15, -0.1) is 0 Å². The van der Waals surface area contributed by atoms with Gasteiger partial charge in [-0.05, 0) is 65.8 Å². The second kappa shape index (κ2) is 9.01. The molecule has 2 nitrogen and oxygen atoms in total. The summed E-state index contributed by atoms with van der Waals surface area (Å²) in [5.41, 5.74) is 7.26. The van der Waals surface area contributed by atoms with Crippen LogP contribution in [0.2, 0.25) is 0 Å². The number of hydrogen-bond acceptors (Lipinski definition) is 2. The van der Waals surface area contributed by atoms with Gasteiger partial charge >= 0.3 is 0 Å². The van der Waals surface area contributed by atoms with E-state index in [1.807, 2.05) is 54.7 Å². The van der Waals surface area contributed by atoms with Gasteiger partial charge in [0.2, 0.25) is 0 Å². The Morgan fingerprint density at radius 2 is 1.36 bits per heavy atom. The first-order valence-corrected chi connectivity index (χ1v) is 9.79. The molecule has 0 fully saturated rings. The third-order valence-corrected chi connectivity index (χ3v) is 4.91. The Kier molecular flexibility index (Phi) is 5.79. The minimum absolute atomic E-state index is 0.987. The minimum Gasteiger partial charge on any atom is -0.361 e. The number of aliphatic imine (C=N–C) groups is 1. The molecule has 0 bridgehead atoms. The molecule has 1 aliphatic carbocycles. The predicted octanol–water partition coefficient (Wildman–Crippen LogP) is 7.02. The molecule has 28 heavy (non-hydrogen) atoms. The van der Waals surface area contributed by atoms with Gasteiger partial charge in [0.1, 0.15) is 0 Å². The lowest BCUT2D eigenvalue weighted by Gasteiger charge is -2.22. The molecule has 2 heteroatoms. The third kappa shape index (κ3) is 4.47. The summed E-state index contributed by atoms with van der Waals surface area (Å²) in [6, 6.07) is 31.1. The summed E-state index contributed by atoms with van der Waals surface area (Å²) < 4.78 is 0. The molecule has 0 amide bonds. The monoisotopic (exact) mass is 364 g/mol. The van der Waals surface area contributed by atoms with Gasteiger partial charge in [0.15, 0.2) is 0 Å². The van der Waals surface area contributed by atoms with Crippen LogP contribution in [0.5, 0.6) is 0 Å². The zero-order valence-electron chi connectivity index (χ0n) is 15.9. The minimum atomic E-state index is 0.987. The van der Waals surface area contributed by atoms with Crippen molar-refractivity contribution in [1.29, 1.82) is 0 Å². The van der Waals surface area contributed by atoms with E-state index in [1.54, 1.807) is 0 Å². The van der Waals surface area contributed by atoms with E-state index in [-0.39, 0.29) is 0 Å². The zero-order valence-corrected chi connectivity index (χ0v) is 15.9. The summed E-state index contributed by atoms with van der Waals surface area (Å²) in [5.74, 6) is 0. The molecule has 0 aliphatic heterocycles. The first-order chi connectivity index (χ1) is 13.9. The van der Waals surface area contributed by atoms with E-state index in [4.69, 9.17) is 4.99 Å². The number of benzene rings is 3. The van der Waals surface area contributed by atoms with E-state index in [1.165, 1.54) is 22.3 Å². The Bertz CT molecular complexity index is 984. The Hall–Kier alpha value is -3.39. The molecule has 0 saturated heterocycles. The summed E-state index contributed by atoms with van der Waals surface area (Å²) in [7, 11) is 0. The van der Waals surface area contributed by atoms with Gasteiger partial charge in [-0.1, -0.05) is 66.7 Å². The topological polar surface area (TPSA) is 24.4 Å². The molecule has 0 unspecified atom stereocenters. The van der Waals surface area contributed by atoms with Crippen LogP contribution in [0.4, 0.5) is 11.4 Å². The Labute approximate surface area is 167 Å². The number of allylic oxidation sites excluding steroid dienone is 3. The average Bonchev–Trinajstić information content (AvgIpc) is 2.78. The number of nitrogens with zero attached hydrogens (tertiary/aromatic N) is 1. The zero-order chi connectivity index (χ0) is 19.0. The van der Waals surface area contributed by atoms with Crippen LogP contribution in [-0.4, -0.2) is 6.21 Å². The lowest BCUT2D eigenvalue weighted by Crippen LogP contribution is -2.06. The number of anilines is 1. The van der Waals surface area contributed by atoms with Crippen LogP contribution in [0.1, 0.15) is 24.8 Å². The van der Waals surface area contributed by atoms with E-state index < -0.39 is 0 Å². The molecule has 4 rings (SSSR count). The van der Waals surface area contributed by atoms with E-state index in [9.17, 15) is 0 Å². The summed E-state index contributed by atoms with van der Waals surface area (Å²) in [6.45, 7) is 0. The number of para-hydroxylation sites is 2. The van der Waals surface area contributed by atoms with Crippen LogP contribution in [0, 0.1) is 0 Å². The number of nitrogens with one attached hydrogen (secondary N) is 1. The summed E-state index contributed by atoms with van der Waals surface area (Å²) >= 11 is 0. The molecule has 0 radical (unpaired) electrons. The number of rotatable bonds is 5. The molecule has 3 aromatic rings. The smallest absolute Gasteiger partial charge is 0.0629 e. The van der Waals surface area contributed by atoms with Crippen molar-refractivity contribution in [3.8, 4) is 0 Å². The molecule has 3 aromatic carbocycles. The number of hydrogen-bond donors (Lipinski definition) is 1. The maximum absolute atomic E-state index is 4.73. The first-order valence-electron chi connectivity index (χ1n) is 9.79. The average molecular weight is 364 g/mol. The Morgan fingerprint density at radius 1 is 0.714 bits per heavy atom. The highest BCUT2D eigenvalue weighted by atomic mass is 14.8. The van der Waals surface area contributed by atoms with Crippen molar-refractivity contribution in [1.82, 2.24) is 0 Å². The van der Waals surface area contributed by atoms with Gasteiger partial charge in [0.25, 0.3) is 0 Å². The normalized spacial score (nSPS) is 15.9. The van der Waals surface area contributed by atoms with Gasteiger partial charge in [-0.3, -0.25) is 4.99 Å². The summed E-state index contributed by atoms with van der Waals surface area (Å²) in [5, 5.41) is 3.47. The highest BCUT2D eigenvalue weighted by Crippen LogP contribution is 2.36. The lowest BCUT2D eigenvalue weighted by atomic mass is 9.84. The van der Waals surface area contributed by atoms with Crippen molar-refractivity contribution in [3.63, 3.8) is 0 Å². The predicted molar refractivity (Wildman–Crippen MR) is 120 cm³/mol. The van der Waals surface area contributed by atoms with Gasteiger partial charge < -0.3 is 5.32 Å². The van der Waals surface area contributed by atoms with Crippen LogP contribution in [0.25, 0.3) is 5.57 Å². The van der Waals surface area contributed by atoms with Crippen molar-refractivity contribution in [3.05, 3.63) is 114 Å². The fourth-order valence-corrected chi connectivity index (χ4v) is 3.55.